The van der Waals surface area contributed by atoms with Gasteiger partial charge in [0.2, 0.25) is 0 Å². The highest BCUT2D eigenvalue weighted by Gasteiger charge is 2.24. The van der Waals surface area contributed by atoms with Crippen molar-refractivity contribution < 1.29 is 4.79 Å². The molecule has 72 valence electrons. The molecule has 0 aliphatic carbocycles. The van der Waals surface area contributed by atoms with Crippen molar-refractivity contribution in [2.75, 3.05) is 0 Å². The molecule has 0 unspecified atom stereocenters. The van der Waals surface area contributed by atoms with Gasteiger partial charge in [-0.1, -0.05) is 20.8 Å². The Balaban J connectivity index is 3.10. The number of carbonyl (C=O) groups is 1. The minimum Gasteiger partial charge on any atom is -0.289 e. The molecule has 1 aromatic heterocycles. The van der Waals surface area contributed by atoms with Crippen LogP contribution in [-0.2, 0) is 5.41 Å². The van der Waals surface area contributed by atoms with E-state index in [1.54, 1.807) is 5.51 Å². The first-order valence-electron chi connectivity index (χ1n) is 3.91. The van der Waals surface area contributed by atoms with Crippen molar-refractivity contribution in [1.82, 2.24) is 10.4 Å². The topological polar surface area (TPSA) is 68.0 Å². The molecule has 0 fully saturated rings. The lowest BCUT2D eigenvalue weighted by atomic mass is 9.91. The molecule has 4 nitrogen and oxygen atoms in total. The smallest absolute Gasteiger partial charge is 0.277 e. The van der Waals surface area contributed by atoms with Crippen LogP contribution in [0.3, 0.4) is 0 Å². The number of hydrogen-bond donors (Lipinski definition) is 2. The van der Waals surface area contributed by atoms with Crippen LogP contribution >= 0.6 is 11.3 Å². The van der Waals surface area contributed by atoms with Crippen molar-refractivity contribution in [3.8, 4) is 0 Å². The fourth-order valence-corrected chi connectivity index (χ4v) is 1.91. The third kappa shape index (κ3) is 2.05. The zero-order chi connectivity index (χ0) is 10.1. The molecule has 0 aliphatic heterocycles. The van der Waals surface area contributed by atoms with Crippen LogP contribution in [0.15, 0.2) is 5.51 Å². The summed E-state index contributed by atoms with van der Waals surface area (Å²) in [7, 11) is 0. The lowest BCUT2D eigenvalue weighted by Gasteiger charge is -2.16. The largest absolute Gasteiger partial charge is 0.289 e. The fraction of sp³-hybridized carbons (Fsp3) is 0.500. The number of aromatic nitrogens is 1. The van der Waals surface area contributed by atoms with Crippen molar-refractivity contribution >= 4 is 17.2 Å². The van der Waals surface area contributed by atoms with Crippen LogP contribution < -0.4 is 11.3 Å². The molecular formula is C8H13N3OS. The number of nitrogens with zero attached hydrogens (tertiary/aromatic N) is 1. The second-order valence-electron chi connectivity index (χ2n) is 3.75. The van der Waals surface area contributed by atoms with Gasteiger partial charge >= 0.3 is 0 Å². The molecule has 1 rings (SSSR count). The number of nitrogen functional groups attached to an aromatic ring is 1. The maximum absolute atomic E-state index is 11.3. The number of rotatable bonds is 1. The van der Waals surface area contributed by atoms with Gasteiger partial charge in [0.05, 0.1) is 11.2 Å². The Bertz CT molecular complexity index is 313. The molecule has 0 aromatic carbocycles. The Kier molecular flexibility index (Phi) is 2.68. The zero-order valence-corrected chi connectivity index (χ0v) is 8.73. The summed E-state index contributed by atoms with van der Waals surface area (Å²) in [6, 6.07) is 0. The van der Waals surface area contributed by atoms with Crippen LogP contribution in [0.2, 0.25) is 0 Å². The summed E-state index contributed by atoms with van der Waals surface area (Å²) >= 11 is 1.31. The van der Waals surface area contributed by atoms with E-state index in [9.17, 15) is 4.79 Å². The number of nitrogens with two attached hydrogens (primary N) is 1. The molecule has 3 N–H and O–H groups in total. The third-order valence-corrected chi connectivity index (χ3v) is 2.44. The molecule has 0 radical (unpaired) electrons. The molecule has 0 saturated carbocycles. The highest BCUT2D eigenvalue weighted by Crippen LogP contribution is 2.26. The van der Waals surface area contributed by atoms with Crippen LogP contribution in [0.25, 0.3) is 0 Å². The zero-order valence-electron chi connectivity index (χ0n) is 7.92. The first-order chi connectivity index (χ1) is 5.96. The SMILES string of the molecule is CC(C)(C)c1ncsc1C(=O)NN. The van der Waals surface area contributed by atoms with Crippen molar-refractivity contribution in [3.63, 3.8) is 0 Å². The Morgan fingerprint density at radius 2 is 2.23 bits per heavy atom. The monoisotopic (exact) mass is 199 g/mol. The summed E-state index contributed by atoms with van der Waals surface area (Å²) in [6.45, 7) is 6.03. The summed E-state index contributed by atoms with van der Waals surface area (Å²) in [6.07, 6.45) is 0. The van der Waals surface area contributed by atoms with Gasteiger partial charge in [-0.3, -0.25) is 10.2 Å². The summed E-state index contributed by atoms with van der Waals surface area (Å²) in [5.74, 6) is 4.78. The predicted molar refractivity (Wildman–Crippen MR) is 52.5 cm³/mol. The number of hydrazine groups is 1. The van der Waals surface area contributed by atoms with E-state index in [0.29, 0.717) is 4.88 Å². The third-order valence-electron chi connectivity index (χ3n) is 1.62. The molecule has 0 saturated heterocycles. The van der Waals surface area contributed by atoms with E-state index in [-0.39, 0.29) is 11.3 Å². The lowest BCUT2D eigenvalue weighted by molar-refractivity contribution is 0.0955. The van der Waals surface area contributed by atoms with Crippen LogP contribution in [0.5, 0.6) is 0 Å². The van der Waals surface area contributed by atoms with Gasteiger partial charge in [0, 0.05) is 5.41 Å². The van der Waals surface area contributed by atoms with Crippen LogP contribution in [0.1, 0.15) is 36.1 Å². The molecular weight excluding hydrogens is 186 g/mol. The number of carbonyl (C=O) groups excluding carboxylic acids is 1. The number of nitrogens with one attached hydrogen (secondary N) is 1. The average Bonchev–Trinajstić information content (AvgIpc) is 2.49. The number of hydrogen-bond acceptors (Lipinski definition) is 4. The van der Waals surface area contributed by atoms with Crippen molar-refractivity contribution in [2.24, 2.45) is 5.84 Å². The van der Waals surface area contributed by atoms with Crippen molar-refractivity contribution in [1.29, 1.82) is 0 Å². The molecule has 1 heterocycles. The van der Waals surface area contributed by atoms with E-state index in [2.05, 4.69) is 10.4 Å². The molecule has 1 aromatic rings. The number of thiazole rings is 1. The van der Waals surface area contributed by atoms with E-state index >= 15 is 0 Å². The Labute approximate surface area is 81.1 Å². The minimum atomic E-state index is -0.271. The summed E-state index contributed by atoms with van der Waals surface area (Å²) in [5, 5.41) is 0. The van der Waals surface area contributed by atoms with Crippen LogP contribution in [0.4, 0.5) is 0 Å². The maximum Gasteiger partial charge on any atom is 0.277 e. The molecule has 5 heteroatoms. The van der Waals surface area contributed by atoms with Gasteiger partial charge in [0.25, 0.3) is 5.91 Å². The van der Waals surface area contributed by atoms with Crippen LogP contribution in [-0.4, -0.2) is 10.9 Å². The molecule has 0 spiro atoms. The molecule has 0 aliphatic rings. The fourth-order valence-electron chi connectivity index (χ4n) is 1.01. The Hall–Kier alpha value is -0.940. The van der Waals surface area contributed by atoms with E-state index in [4.69, 9.17) is 5.84 Å². The van der Waals surface area contributed by atoms with E-state index in [1.165, 1.54) is 11.3 Å². The highest BCUT2D eigenvalue weighted by molar-refractivity contribution is 7.11. The van der Waals surface area contributed by atoms with E-state index in [1.807, 2.05) is 20.8 Å². The lowest BCUT2D eigenvalue weighted by Crippen LogP contribution is -2.31. The normalized spacial score (nSPS) is 11.4. The first-order valence-corrected chi connectivity index (χ1v) is 4.79. The van der Waals surface area contributed by atoms with Crippen LogP contribution in [0, 0.1) is 0 Å². The highest BCUT2D eigenvalue weighted by atomic mass is 32.1. The molecule has 1 amide bonds. The standard InChI is InChI=1S/C8H13N3OS/c1-8(2,3)6-5(7(12)11-9)13-4-10-6/h4H,9H2,1-3H3,(H,11,12). The van der Waals surface area contributed by atoms with Gasteiger partial charge in [-0.2, -0.15) is 0 Å². The van der Waals surface area contributed by atoms with Crippen molar-refractivity contribution in [2.45, 2.75) is 26.2 Å². The molecule has 0 bridgehead atoms. The Morgan fingerprint density at radius 1 is 1.62 bits per heavy atom. The van der Waals surface area contributed by atoms with Gasteiger partial charge in [0.15, 0.2) is 0 Å². The quantitative estimate of drug-likeness (QED) is 0.403. The number of amides is 1. The second kappa shape index (κ2) is 3.43. The second-order valence-corrected chi connectivity index (χ2v) is 4.61. The maximum atomic E-state index is 11.3. The van der Waals surface area contributed by atoms with Crippen molar-refractivity contribution in [3.05, 3.63) is 16.1 Å². The van der Waals surface area contributed by atoms with Gasteiger partial charge in [0.1, 0.15) is 4.88 Å². The predicted octanol–water partition coefficient (Wildman–Crippen LogP) is 1.04. The van der Waals surface area contributed by atoms with E-state index in [0.717, 1.165) is 5.69 Å². The van der Waals surface area contributed by atoms with Gasteiger partial charge in [-0.25, -0.2) is 10.8 Å². The van der Waals surface area contributed by atoms with Gasteiger partial charge in [-0.15, -0.1) is 11.3 Å². The first kappa shape index (κ1) is 10.1. The molecule has 0 atom stereocenters. The summed E-state index contributed by atoms with van der Waals surface area (Å²) < 4.78 is 0. The minimum absolute atomic E-state index is 0.123. The Morgan fingerprint density at radius 3 is 2.69 bits per heavy atom. The van der Waals surface area contributed by atoms with E-state index < -0.39 is 0 Å². The summed E-state index contributed by atoms with van der Waals surface area (Å²) in [4.78, 5) is 16.0. The summed E-state index contributed by atoms with van der Waals surface area (Å²) in [5.41, 5.74) is 4.44. The molecule has 13 heavy (non-hydrogen) atoms. The van der Waals surface area contributed by atoms with Gasteiger partial charge < -0.3 is 0 Å². The average molecular weight is 199 g/mol. The van der Waals surface area contributed by atoms with Gasteiger partial charge in [-0.05, 0) is 0 Å².